The fourth-order valence-corrected chi connectivity index (χ4v) is 1.69. The SMILES string of the molecule is O=C(NCc1ccccc1)c1ccc(C(F)(F)F)[nH]c1=O. The summed E-state index contributed by atoms with van der Waals surface area (Å²) in [4.78, 5) is 25.0. The van der Waals surface area contributed by atoms with Gasteiger partial charge in [0, 0.05) is 6.54 Å². The Morgan fingerprint density at radius 2 is 1.76 bits per heavy atom. The Morgan fingerprint density at radius 3 is 2.33 bits per heavy atom. The minimum Gasteiger partial charge on any atom is -0.348 e. The topological polar surface area (TPSA) is 62.0 Å². The summed E-state index contributed by atoms with van der Waals surface area (Å²) in [6.45, 7) is 0.181. The number of carbonyl (C=O) groups is 1. The van der Waals surface area contributed by atoms with E-state index in [1.165, 1.54) is 0 Å². The van der Waals surface area contributed by atoms with E-state index in [1.54, 1.807) is 29.2 Å². The van der Waals surface area contributed by atoms with E-state index in [4.69, 9.17) is 0 Å². The number of aromatic nitrogens is 1. The molecule has 0 spiro atoms. The van der Waals surface area contributed by atoms with Crippen LogP contribution in [0.15, 0.2) is 47.3 Å². The van der Waals surface area contributed by atoms with Gasteiger partial charge in [0.05, 0.1) is 0 Å². The van der Waals surface area contributed by atoms with Crippen molar-refractivity contribution in [2.24, 2.45) is 0 Å². The van der Waals surface area contributed by atoms with E-state index in [0.717, 1.165) is 11.6 Å². The molecule has 1 amide bonds. The lowest BCUT2D eigenvalue weighted by Crippen LogP contribution is -2.30. The van der Waals surface area contributed by atoms with E-state index in [-0.39, 0.29) is 12.1 Å². The van der Waals surface area contributed by atoms with Crippen LogP contribution in [0.1, 0.15) is 21.6 Å². The number of nitrogens with one attached hydrogen (secondary N) is 2. The summed E-state index contributed by atoms with van der Waals surface area (Å²) >= 11 is 0. The van der Waals surface area contributed by atoms with Crippen molar-refractivity contribution in [3.63, 3.8) is 0 Å². The van der Waals surface area contributed by atoms with Crippen LogP contribution < -0.4 is 10.9 Å². The van der Waals surface area contributed by atoms with Gasteiger partial charge < -0.3 is 10.3 Å². The third-order valence-corrected chi connectivity index (χ3v) is 2.76. The van der Waals surface area contributed by atoms with E-state index >= 15 is 0 Å². The van der Waals surface area contributed by atoms with Gasteiger partial charge in [-0.15, -0.1) is 0 Å². The third kappa shape index (κ3) is 3.71. The van der Waals surface area contributed by atoms with Crippen LogP contribution in [0, 0.1) is 0 Å². The highest BCUT2D eigenvalue weighted by molar-refractivity contribution is 5.93. The highest BCUT2D eigenvalue weighted by Gasteiger charge is 2.32. The van der Waals surface area contributed by atoms with E-state index in [2.05, 4.69) is 5.32 Å². The van der Waals surface area contributed by atoms with Gasteiger partial charge in [-0.1, -0.05) is 30.3 Å². The van der Waals surface area contributed by atoms with Crippen molar-refractivity contribution in [3.8, 4) is 0 Å². The second kappa shape index (κ2) is 5.82. The summed E-state index contributed by atoms with van der Waals surface area (Å²) in [6, 6.07) is 10.5. The van der Waals surface area contributed by atoms with Gasteiger partial charge in [-0.3, -0.25) is 9.59 Å². The van der Waals surface area contributed by atoms with Crippen molar-refractivity contribution < 1.29 is 18.0 Å². The first-order chi connectivity index (χ1) is 9.88. The molecule has 2 N–H and O–H groups in total. The molecule has 0 fully saturated rings. The normalized spacial score (nSPS) is 11.2. The van der Waals surface area contributed by atoms with Gasteiger partial charge in [0.1, 0.15) is 11.3 Å². The minimum atomic E-state index is -4.65. The maximum atomic E-state index is 12.4. The lowest BCUT2D eigenvalue weighted by Gasteiger charge is -2.08. The van der Waals surface area contributed by atoms with Crippen LogP contribution in [0.2, 0.25) is 0 Å². The Balaban J connectivity index is 2.11. The van der Waals surface area contributed by atoms with Crippen molar-refractivity contribution >= 4 is 5.91 Å². The molecule has 0 aliphatic heterocycles. The molecule has 0 unspecified atom stereocenters. The number of carbonyl (C=O) groups excluding carboxylic acids is 1. The Kier molecular flexibility index (Phi) is 4.11. The predicted octanol–water partition coefficient (Wildman–Crippen LogP) is 2.32. The molecule has 0 atom stereocenters. The molecule has 0 bridgehead atoms. The highest BCUT2D eigenvalue weighted by Crippen LogP contribution is 2.26. The van der Waals surface area contributed by atoms with E-state index in [0.29, 0.717) is 6.07 Å². The second-order valence-electron chi connectivity index (χ2n) is 4.28. The van der Waals surface area contributed by atoms with Crippen LogP contribution in [-0.4, -0.2) is 10.9 Å². The molecule has 1 aromatic heterocycles. The Hall–Kier alpha value is -2.57. The largest absolute Gasteiger partial charge is 0.431 e. The average Bonchev–Trinajstić information content (AvgIpc) is 2.45. The molecule has 0 saturated carbocycles. The number of halogens is 3. The van der Waals surface area contributed by atoms with Crippen molar-refractivity contribution in [2.45, 2.75) is 12.7 Å². The molecule has 1 aromatic carbocycles. The molecule has 4 nitrogen and oxygen atoms in total. The molecule has 0 saturated heterocycles. The minimum absolute atomic E-state index is 0.181. The second-order valence-corrected chi connectivity index (χ2v) is 4.28. The van der Waals surface area contributed by atoms with Crippen LogP contribution in [0.5, 0.6) is 0 Å². The van der Waals surface area contributed by atoms with Crippen molar-refractivity contribution in [2.75, 3.05) is 0 Å². The standard InChI is InChI=1S/C14H11F3N2O2/c15-14(16,17)11-7-6-10(13(21)19-11)12(20)18-8-9-4-2-1-3-5-9/h1-7H,8H2,(H,18,20)(H,19,21). The fraction of sp³-hybridized carbons (Fsp3) is 0.143. The third-order valence-electron chi connectivity index (χ3n) is 2.76. The first kappa shape index (κ1) is 14.8. The maximum absolute atomic E-state index is 12.4. The fourth-order valence-electron chi connectivity index (χ4n) is 1.69. The van der Waals surface area contributed by atoms with Crippen molar-refractivity contribution in [1.82, 2.24) is 10.3 Å². The predicted molar refractivity (Wildman–Crippen MR) is 69.7 cm³/mol. The van der Waals surface area contributed by atoms with Crippen molar-refractivity contribution in [1.29, 1.82) is 0 Å². The summed E-state index contributed by atoms with van der Waals surface area (Å²) in [5.74, 6) is -0.728. The molecule has 110 valence electrons. The molecular weight excluding hydrogens is 285 g/mol. The zero-order valence-corrected chi connectivity index (χ0v) is 10.7. The molecule has 0 aliphatic rings. The molecule has 7 heteroatoms. The zero-order chi connectivity index (χ0) is 15.5. The number of pyridine rings is 1. The number of amides is 1. The number of aromatic amines is 1. The lowest BCUT2D eigenvalue weighted by molar-refractivity contribution is -0.141. The highest BCUT2D eigenvalue weighted by atomic mass is 19.4. The van der Waals surface area contributed by atoms with Crippen LogP contribution in [0.3, 0.4) is 0 Å². The Labute approximate surface area is 117 Å². The molecule has 0 radical (unpaired) electrons. The number of alkyl halides is 3. The summed E-state index contributed by atoms with van der Waals surface area (Å²) in [5, 5.41) is 2.47. The Morgan fingerprint density at radius 1 is 1.10 bits per heavy atom. The quantitative estimate of drug-likeness (QED) is 0.913. The summed E-state index contributed by atoms with van der Waals surface area (Å²) in [5.41, 5.74) is -1.81. The van der Waals surface area contributed by atoms with Gasteiger partial charge in [-0.25, -0.2) is 0 Å². The Bertz CT molecular complexity index is 693. The number of hydrogen-bond donors (Lipinski definition) is 2. The summed E-state index contributed by atoms with van der Waals surface area (Å²) in [6.07, 6.45) is -4.65. The number of rotatable bonds is 3. The van der Waals surface area contributed by atoms with Gasteiger partial charge in [0.25, 0.3) is 11.5 Å². The summed E-state index contributed by atoms with van der Waals surface area (Å²) in [7, 11) is 0. The van der Waals surface area contributed by atoms with E-state index in [1.807, 2.05) is 6.07 Å². The zero-order valence-electron chi connectivity index (χ0n) is 10.7. The number of benzene rings is 1. The molecule has 2 rings (SSSR count). The molecule has 2 aromatic rings. The summed E-state index contributed by atoms with van der Waals surface area (Å²) < 4.78 is 37.2. The first-order valence-corrected chi connectivity index (χ1v) is 6.00. The van der Waals surface area contributed by atoms with Crippen LogP contribution in [0.25, 0.3) is 0 Å². The number of hydrogen-bond acceptors (Lipinski definition) is 2. The van der Waals surface area contributed by atoms with E-state index in [9.17, 15) is 22.8 Å². The van der Waals surface area contributed by atoms with Crippen LogP contribution >= 0.6 is 0 Å². The molecule has 1 heterocycles. The van der Waals surface area contributed by atoms with Crippen LogP contribution in [0.4, 0.5) is 13.2 Å². The van der Waals surface area contributed by atoms with Crippen LogP contribution in [-0.2, 0) is 12.7 Å². The van der Waals surface area contributed by atoms with Gasteiger partial charge >= 0.3 is 6.18 Å². The first-order valence-electron chi connectivity index (χ1n) is 6.00. The van der Waals surface area contributed by atoms with E-state index < -0.39 is 23.3 Å². The smallest absolute Gasteiger partial charge is 0.348 e. The molecule has 0 aliphatic carbocycles. The average molecular weight is 296 g/mol. The van der Waals surface area contributed by atoms with Gasteiger partial charge in [-0.05, 0) is 17.7 Å². The van der Waals surface area contributed by atoms with Crippen molar-refractivity contribution in [3.05, 3.63) is 69.6 Å². The maximum Gasteiger partial charge on any atom is 0.431 e. The molecular formula is C14H11F3N2O2. The number of H-pyrrole nitrogens is 1. The monoisotopic (exact) mass is 296 g/mol. The van der Waals surface area contributed by atoms with Gasteiger partial charge in [0.15, 0.2) is 0 Å². The van der Waals surface area contributed by atoms with Gasteiger partial charge in [0.2, 0.25) is 0 Å². The van der Waals surface area contributed by atoms with Gasteiger partial charge in [-0.2, -0.15) is 13.2 Å². The lowest BCUT2D eigenvalue weighted by atomic mass is 10.2. The molecule has 21 heavy (non-hydrogen) atoms.